The van der Waals surface area contributed by atoms with Gasteiger partial charge in [-0.15, -0.1) is 0 Å². The van der Waals surface area contributed by atoms with Crippen molar-refractivity contribution in [3.05, 3.63) is 0 Å². The first-order valence-electron chi connectivity index (χ1n) is 9.72. The van der Waals surface area contributed by atoms with Crippen molar-refractivity contribution in [2.45, 2.75) is 61.5 Å². The van der Waals surface area contributed by atoms with E-state index in [0.717, 1.165) is 0 Å². The normalized spacial score (nSPS) is 28.8. The second-order valence-corrected chi connectivity index (χ2v) is 8.09. The van der Waals surface area contributed by atoms with Crippen LogP contribution in [0.1, 0.15) is 12.8 Å². The fraction of sp³-hybridized carbons (Fsp3) is 1.00. The molecule has 0 N–H and O–H groups in total. The van der Waals surface area contributed by atoms with Gasteiger partial charge in [-0.05, 0) is 12.8 Å². The number of alkyl halides is 14. The molecule has 0 bridgehead atoms. The van der Waals surface area contributed by atoms with Gasteiger partial charge < -0.3 is 9.47 Å². The quantitative estimate of drug-likeness (QED) is 0.348. The zero-order chi connectivity index (χ0) is 26.3. The SMILES string of the molecule is FC(C(F)(F)F)C(F)(F)C1COCC(C(F)(C(F)N2CCC(C(F)(F)F)CC2)C(F)(F)F)OC1. The van der Waals surface area contributed by atoms with Crippen molar-refractivity contribution in [2.24, 2.45) is 11.8 Å². The van der Waals surface area contributed by atoms with Gasteiger partial charge in [-0.1, -0.05) is 0 Å². The minimum Gasteiger partial charge on any atom is -0.378 e. The molecule has 0 aromatic heterocycles. The van der Waals surface area contributed by atoms with Crippen molar-refractivity contribution in [3.63, 3.8) is 0 Å². The Balaban J connectivity index is 2.21. The van der Waals surface area contributed by atoms with Crippen molar-refractivity contribution < 1.29 is 70.9 Å². The molecule has 0 aromatic carbocycles. The first kappa shape index (κ1) is 29.1. The maximum absolute atomic E-state index is 15.2. The van der Waals surface area contributed by atoms with E-state index in [2.05, 4.69) is 9.47 Å². The summed E-state index contributed by atoms with van der Waals surface area (Å²) in [6.45, 7) is -6.64. The van der Waals surface area contributed by atoms with Gasteiger partial charge >= 0.3 is 18.5 Å². The highest BCUT2D eigenvalue weighted by Gasteiger charge is 2.69. The van der Waals surface area contributed by atoms with Crippen molar-refractivity contribution in [2.75, 3.05) is 32.9 Å². The summed E-state index contributed by atoms with van der Waals surface area (Å²) >= 11 is 0. The Morgan fingerprint density at radius 2 is 1.24 bits per heavy atom. The molecule has 0 amide bonds. The maximum atomic E-state index is 15.2. The zero-order valence-corrected chi connectivity index (χ0v) is 16.9. The Kier molecular flexibility index (Phi) is 8.35. The van der Waals surface area contributed by atoms with Gasteiger partial charge in [0.15, 0.2) is 6.30 Å². The Morgan fingerprint density at radius 1 is 0.706 bits per heavy atom. The van der Waals surface area contributed by atoms with E-state index >= 15 is 4.39 Å². The van der Waals surface area contributed by atoms with E-state index in [0.29, 0.717) is 0 Å². The molecule has 2 heterocycles. The molecule has 2 saturated heterocycles. The molecule has 0 radical (unpaired) electrons. The minimum absolute atomic E-state index is 0.136. The van der Waals surface area contributed by atoms with Gasteiger partial charge in [0.05, 0.1) is 31.7 Å². The third-order valence-electron chi connectivity index (χ3n) is 5.82. The zero-order valence-electron chi connectivity index (χ0n) is 16.9. The molecular weight excluding hydrogens is 516 g/mol. The van der Waals surface area contributed by atoms with E-state index in [1.54, 1.807) is 0 Å². The molecule has 2 aliphatic rings. The van der Waals surface area contributed by atoms with E-state index in [1.807, 2.05) is 0 Å². The fourth-order valence-corrected chi connectivity index (χ4v) is 3.73. The Hall–Kier alpha value is -1.10. The number of piperidine rings is 1. The molecule has 0 spiro atoms. The fourth-order valence-electron chi connectivity index (χ4n) is 3.73. The van der Waals surface area contributed by atoms with E-state index < -0.39 is 106 Å². The average molecular weight is 535 g/mol. The van der Waals surface area contributed by atoms with Crippen LogP contribution in [0.15, 0.2) is 0 Å². The van der Waals surface area contributed by atoms with Crippen molar-refractivity contribution >= 4 is 0 Å². The topological polar surface area (TPSA) is 21.7 Å². The average Bonchev–Trinajstić information content (AvgIpc) is 2.97. The summed E-state index contributed by atoms with van der Waals surface area (Å²) in [7, 11) is 0. The summed E-state index contributed by atoms with van der Waals surface area (Å²) < 4.78 is 196. The highest BCUT2D eigenvalue weighted by Crippen LogP contribution is 2.47. The molecule has 2 fully saturated rings. The molecule has 5 unspecified atom stereocenters. The van der Waals surface area contributed by atoms with Crippen LogP contribution in [0.3, 0.4) is 0 Å². The smallest absolute Gasteiger partial charge is 0.378 e. The molecule has 202 valence electrons. The van der Waals surface area contributed by atoms with Crippen LogP contribution >= 0.6 is 0 Å². The van der Waals surface area contributed by atoms with E-state index in [9.17, 15) is 57.1 Å². The van der Waals surface area contributed by atoms with Crippen molar-refractivity contribution in [1.29, 1.82) is 0 Å². The Bertz CT molecular complexity index is 673. The van der Waals surface area contributed by atoms with Crippen LogP contribution in [0.4, 0.5) is 61.5 Å². The van der Waals surface area contributed by atoms with Crippen LogP contribution in [-0.4, -0.2) is 86.5 Å². The van der Waals surface area contributed by atoms with Gasteiger partial charge in [-0.3, -0.25) is 4.90 Å². The number of nitrogens with zero attached hydrogens (tertiary/aromatic N) is 1. The van der Waals surface area contributed by atoms with Gasteiger partial charge in [0.1, 0.15) is 6.10 Å². The first-order valence-corrected chi connectivity index (χ1v) is 9.72. The summed E-state index contributed by atoms with van der Waals surface area (Å²) in [5.74, 6) is -10.00. The Labute approximate surface area is 183 Å². The number of ether oxygens (including phenoxy) is 2. The van der Waals surface area contributed by atoms with Crippen LogP contribution < -0.4 is 0 Å². The summed E-state index contributed by atoms with van der Waals surface area (Å²) in [5.41, 5.74) is -5.01. The van der Waals surface area contributed by atoms with Crippen LogP contribution in [0.5, 0.6) is 0 Å². The number of hydrogen-bond acceptors (Lipinski definition) is 3. The molecule has 17 heteroatoms. The van der Waals surface area contributed by atoms with Crippen molar-refractivity contribution in [3.8, 4) is 0 Å². The highest BCUT2D eigenvalue weighted by atomic mass is 19.4. The second-order valence-electron chi connectivity index (χ2n) is 8.09. The number of likely N-dealkylation sites (tertiary alicyclic amines) is 1. The van der Waals surface area contributed by atoms with Gasteiger partial charge in [0, 0.05) is 13.1 Å². The van der Waals surface area contributed by atoms with Crippen LogP contribution in [-0.2, 0) is 9.47 Å². The lowest BCUT2D eigenvalue weighted by atomic mass is 9.91. The Morgan fingerprint density at radius 3 is 1.68 bits per heavy atom. The number of halogens is 14. The van der Waals surface area contributed by atoms with Gasteiger partial charge in [0.25, 0.3) is 17.8 Å². The monoisotopic (exact) mass is 535 g/mol. The summed E-state index contributed by atoms with van der Waals surface area (Å²) in [6, 6.07) is 0. The van der Waals surface area contributed by atoms with Gasteiger partial charge in [-0.25, -0.2) is 22.0 Å². The molecule has 0 aliphatic carbocycles. The molecule has 2 rings (SSSR count). The van der Waals surface area contributed by atoms with Gasteiger partial charge in [0.2, 0.25) is 0 Å². The van der Waals surface area contributed by atoms with Crippen LogP contribution in [0.25, 0.3) is 0 Å². The lowest BCUT2D eigenvalue weighted by molar-refractivity contribution is -0.309. The summed E-state index contributed by atoms with van der Waals surface area (Å²) in [4.78, 5) is 0.136. The molecule has 0 saturated carbocycles. The van der Waals surface area contributed by atoms with Crippen molar-refractivity contribution in [1.82, 2.24) is 4.90 Å². The largest absolute Gasteiger partial charge is 0.429 e. The lowest BCUT2D eigenvalue weighted by Gasteiger charge is -2.43. The predicted octanol–water partition coefficient (Wildman–Crippen LogP) is 5.39. The standard InChI is InChI=1S/C17H19F14NO2/c18-11(16(26,27)28)14(21,22)9-5-33-7-10(34-6-9)13(20,17(29,30)31)12(19)32-3-1-8(2-4-32)15(23,24)25/h8-12H,1-7H2. The molecule has 34 heavy (non-hydrogen) atoms. The van der Waals surface area contributed by atoms with E-state index in [-0.39, 0.29) is 4.90 Å². The van der Waals surface area contributed by atoms with Crippen LogP contribution in [0, 0.1) is 11.8 Å². The third kappa shape index (κ3) is 5.82. The number of hydrogen-bond donors (Lipinski definition) is 0. The van der Waals surface area contributed by atoms with Gasteiger partial charge in [-0.2, -0.15) is 39.5 Å². The maximum Gasteiger partial charge on any atom is 0.429 e. The lowest BCUT2D eigenvalue weighted by Crippen LogP contribution is -2.65. The first-order chi connectivity index (χ1) is 15.2. The molecule has 5 atom stereocenters. The molecule has 2 aliphatic heterocycles. The van der Waals surface area contributed by atoms with Crippen LogP contribution in [0.2, 0.25) is 0 Å². The minimum atomic E-state index is -6.10. The van der Waals surface area contributed by atoms with E-state index in [4.69, 9.17) is 0 Å². The third-order valence-corrected chi connectivity index (χ3v) is 5.82. The summed E-state index contributed by atoms with van der Waals surface area (Å²) in [6.07, 6.45) is -30.0. The molecular formula is C17H19F14NO2. The molecule has 0 aromatic rings. The predicted molar refractivity (Wildman–Crippen MR) is 85.1 cm³/mol. The number of rotatable bonds is 5. The second kappa shape index (κ2) is 9.75. The van der Waals surface area contributed by atoms with E-state index in [1.165, 1.54) is 0 Å². The summed E-state index contributed by atoms with van der Waals surface area (Å²) in [5, 5.41) is 0. The highest BCUT2D eigenvalue weighted by molar-refractivity contribution is 5.03. The molecule has 3 nitrogen and oxygen atoms in total.